The topological polar surface area (TPSA) is 88.2 Å². The minimum atomic E-state index is -3.72. The lowest BCUT2D eigenvalue weighted by Crippen LogP contribution is -2.42. The Kier molecular flexibility index (Phi) is 6.26. The van der Waals surface area contributed by atoms with E-state index in [1.807, 2.05) is 6.92 Å². The van der Waals surface area contributed by atoms with Gasteiger partial charge >= 0.3 is 0 Å². The van der Waals surface area contributed by atoms with E-state index in [9.17, 15) is 13.2 Å². The summed E-state index contributed by atoms with van der Waals surface area (Å²) in [5.74, 6) is -0.270. The van der Waals surface area contributed by atoms with Crippen molar-refractivity contribution in [1.82, 2.24) is 15.0 Å². The van der Waals surface area contributed by atoms with Crippen LogP contribution in [0.15, 0.2) is 23.1 Å². The number of thiazole rings is 1. The Morgan fingerprint density at radius 1 is 1.19 bits per heavy atom. The molecule has 0 saturated heterocycles. The number of carbonyl (C=O) groups excluding carboxylic acids is 1. The molecule has 2 aromatic rings. The lowest BCUT2D eigenvalue weighted by atomic mass is 9.97. The molecule has 0 unspecified atom stereocenters. The van der Waals surface area contributed by atoms with E-state index in [1.165, 1.54) is 36.7 Å². The fraction of sp³-hybridized carbons (Fsp3) is 0.556. The van der Waals surface area contributed by atoms with Crippen molar-refractivity contribution in [1.29, 1.82) is 0 Å². The fourth-order valence-electron chi connectivity index (χ4n) is 3.31. The van der Waals surface area contributed by atoms with E-state index in [4.69, 9.17) is 0 Å². The molecule has 26 heavy (non-hydrogen) atoms. The summed E-state index contributed by atoms with van der Waals surface area (Å²) in [6.45, 7) is 1.65. The lowest BCUT2D eigenvalue weighted by molar-refractivity contribution is -0.120. The number of hydrogen-bond donors (Lipinski definition) is 2. The van der Waals surface area contributed by atoms with Crippen molar-refractivity contribution in [2.24, 2.45) is 0 Å². The normalized spacial score (nSPS) is 17.0. The minimum Gasteiger partial charge on any atom is -0.352 e. The highest BCUT2D eigenvalue weighted by Gasteiger charge is 2.19. The number of nitrogens with zero attached hydrogens (tertiary/aromatic N) is 1. The average molecular weight is 396 g/mol. The predicted molar refractivity (Wildman–Crippen MR) is 104 cm³/mol. The number of amides is 1. The van der Waals surface area contributed by atoms with Gasteiger partial charge in [0.15, 0.2) is 0 Å². The van der Waals surface area contributed by atoms with Crippen LogP contribution in [0, 0.1) is 6.92 Å². The Bertz CT molecular complexity index is 869. The Hall–Kier alpha value is -1.51. The highest BCUT2D eigenvalue weighted by Crippen LogP contribution is 2.24. The first-order chi connectivity index (χ1) is 12.4. The predicted octanol–water partition coefficient (Wildman–Crippen LogP) is 3.11. The molecule has 1 saturated carbocycles. The van der Waals surface area contributed by atoms with Gasteiger partial charge in [-0.25, -0.2) is 18.1 Å². The fourth-order valence-corrected chi connectivity index (χ4v) is 5.26. The van der Waals surface area contributed by atoms with Gasteiger partial charge in [0.2, 0.25) is 15.9 Å². The quantitative estimate of drug-likeness (QED) is 0.814. The van der Waals surface area contributed by atoms with Crippen molar-refractivity contribution in [3.63, 3.8) is 0 Å². The van der Waals surface area contributed by atoms with Crippen molar-refractivity contribution in [2.45, 2.75) is 62.8 Å². The molecular weight excluding hydrogens is 370 g/mol. The van der Waals surface area contributed by atoms with E-state index in [-0.39, 0.29) is 23.4 Å². The number of hydrogen-bond acceptors (Lipinski definition) is 5. The molecule has 0 atom stereocenters. The van der Waals surface area contributed by atoms with Gasteiger partial charge in [0, 0.05) is 6.04 Å². The molecule has 3 rings (SSSR count). The molecule has 2 N–H and O–H groups in total. The Balaban J connectivity index is 1.58. The second-order valence-corrected chi connectivity index (χ2v) is 9.80. The number of nitrogens with one attached hydrogen (secondary N) is 2. The molecule has 8 heteroatoms. The zero-order valence-corrected chi connectivity index (χ0v) is 16.6. The minimum absolute atomic E-state index is 0.156. The van der Waals surface area contributed by atoms with Gasteiger partial charge in [0.1, 0.15) is 0 Å². The number of aromatic nitrogens is 1. The number of rotatable bonds is 5. The van der Waals surface area contributed by atoms with E-state index < -0.39 is 10.0 Å². The summed E-state index contributed by atoms with van der Waals surface area (Å²) >= 11 is 1.45. The van der Waals surface area contributed by atoms with E-state index in [1.54, 1.807) is 12.1 Å². The third-order valence-electron chi connectivity index (χ3n) is 4.67. The van der Waals surface area contributed by atoms with E-state index in [0.717, 1.165) is 40.9 Å². The third kappa shape index (κ3) is 5.02. The van der Waals surface area contributed by atoms with Crippen LogP contribution in [0.4, 0.5) is 0 Å². The summed E-state index contributed by atoms with van der Waals surface area (Å²) in [4.78, 5) is 16.6. The van der Waals surface area contributed by atoms with Crippen molar-refractivity contribution in [3.8, 4) is 0 Å². The molecule has 1 amide bonds. The zero-order valence-electron chi connectivity index (χ0n) is 15.0. The van der Waals surface area contributed by atoms with Crippen molar-refractivity contribution >= 4 is 37.5 Å². The molecule has 1 aliphatic rings. The maximum atomic E-state index is 12.5. The summed E-state index contributed by atoms with van der Waals surface area (Å²) in [6.07, 6.45) is 7.86. The second-order valence-electron chi connectivity index (χ2n) is 6.80. The first-order valence-corrected chi connectivity index (χ1v) is 11.4. The summed E-state index contributed by atoms with van der Waals surface area (Å²) in [5, 5.41) is 3.86. The van der Waals surface area contributed by atoms with Gasteiger partial charge in [-0.3, -0.25) is 4.79 Å². The van der Waals surface area contributed by atoms with Gasteiger partial charge in [0.05, 0.1) is 26.7 Å². The number of sulfonamides is 1. The van der Waals surface area contributed by atoms with Crippen LogP contribution in [0.25, 0.3) is 10.2 Å². The molecule has 6 nitrogen and oxygen atoms in total. The SMILES string of the molecule is Cc1nc2ccc(S(=O)(=O)NCC(=O)NC3CCCCCCC3)cc2s1. The monoisotopic (exact) mass is 395 g/mol. The maximum Gasteiger partial charge on any atom is 0.241 e. The van der Waals surface area contributed by atoms with E-state index in [2.05, 4.69) is 15.0 Å². The molecule has 1 fully saturated rings. The Morgan fingerprint density at radius 3 is 2.62 bits per heavy atom. The first-order valence-electron chi connectivity index (χ1n) is 9.10. The van der Waals surface area contributed by atoms with Gasteiger partial charge in [-0.1, -0.05) is 32.1 Å². The van der Waals surface area contributed by atoms with Gasteiger partial charge in [0.25, 0.3) is 0 Å². The number of benzene rings is 1. The smallest absolute Gasteiger partial charge is 0.241 e. The van der Waals surface area contributed by atoms with Crippen molar-refractivity contribution in [2.75, 3.05) is 6.54 Å². The molecule has 1 aromatic carbocycles. The van der Waals surface area contributed by atoms with Crippen LogP contribution in [-0.2, 0) is 14.8 Å². The van der Waals surface area contributed by atoms with Crippen LogP contribution in [0.3, 0.4) is 0 Å². The van der Waals surface area contributed by atoms with Crippen LogP contribution < -0.4 is 10.0 Å². The van der Waals surface area contributed by atoms with E-state index in [0.29, 0.717) is 0 Å². The van der Waals surface area contributed by atoms with Crippen LogP contribution in [0.2, 0.25) is 0 Å². The molecule has 0 aliphatic heterocycles. The Morgan fingerprint density at radius 2 is 1.88 bits per heavy atom. The first kappa shape index (κ1) is 19.3. The molecule has 0 radical (unpaired) electrons. The summed E-state index contributed by atoms with van der Waals surface area (Å²) in [5.41, 5.74) is 0.786. The summed E-state index contributed by atoms with van der Waals surface area (Å²) in [6, 6.07) is 4.98. The molecule has 0 bridgehead atoms. The second kappa shape index (κ2) is 8.45. The van der Waals surface area contributed by atoms with Gasteiger partial charge in [-0.15, -0.1) is 11.3 Å². The maximum absolute atomic E-state index is 12.5. The molecule has 0 spiro atoms. The third-order valence-corrected chi connectivity index (χ3v) is 7.00. The molecule has 1 heterocycles. The van der Waals surface area contributed by atoms with Crippen molar-refractivity contribution < 1.29 is 13.2 Å². The van der Waals surface area contributed by atoms with E-state index >= 15 is 0 Å². The largest absolute Gasteiger partial charge is 0.352 e. The summed E-state index contributed by atoms with van der Waals surface area (Å²) in [7, 11) is -3.72. The molecular formula is C18H25N3O3S2. The molecule has 1 aromatic heterocycles. The number of aryl methyl sites for hydroxylation is 1. The number of carbonyl (C=O) groups is 1. The van der Waals surface area contributed by atoms with Gasteiger partial charge < -0.3 is 5.32 Å². The van der Waals surface area contributed by atoms with Crippen LogP contribution in [0.5, 0.6) is 0 Å². The highest BCUT2D eigenvalue weighted by molar-refractivity contribution is 7.89. The van der Waals surface area contributed by atoms with Gasteiger partial charge in [-0.2, -0.15) is 0 Å². The Labute approximate surface area is 158 Å². The lowest BCUT2D eigenvalue weighted by Gasteiger charge is -2.21. The average Bonchev–Trinajstić information content (AvgIpc) is 2.94. The van der Waals surface area contributed by atoms with Crippen LogP contribution in [-0.4, -0.2) is 31.9 Å². The highest BCUT2D eigenvalue weighted by atomic mass is 32.2. The zero-order chi connectivity index (χ0) is 18.6. The molecule has 142 valence electrons. The van der Waals surface area contributed by atoms with Gasteiger partial charge in [-0.05, 0) is 38.0 Å². The van der Waals surface area contributed by atoms with Crippen molar-refractivity contribution in [3.05, 3.63) is 23.2 Å². The standard InChI is InChI=1S/C18H25N3O3S2/c1-13-20-16-10-9-15(11-17(16)25-13)26(23,24)19-12-18(22)21-14-7-5-3-2-4-6-8-14/h9-11,14,19H,2-8,12H2,1H3,(H,21,22). The molecule has 1 aliphatic carbocycles. The van der Waals surface area contributed by atoms with Crippen LogP contribution >= 0.6 is 11.3 Å². The number of fused-ring (bicyclic) bond motifs is 1. The van der Waals surface area contributed by atoms with Crippen LogP contribution in [0.1, 0.15) is 50.0 Å². The summed E-state index contributed by atoms with van der Waals surface area (Å²) < 4.78 is 28.2.